The lowest BCUT2D eigenvalue weighted by atomic mass is 10.1. The molecule has 26 heavy (non-hydrogen) atoms. The summed E-state index contributed by atoms with van der Waals surface area (Å²) in [6, 6.07) is 8.65. The number of nitrogens with zero attached hydrogens (tertiary/aromatic N) is 1. The number of benzene rings is 2. The maximum atomic E-state index is 13.6. The van der Waals surface area contributed by atoms with Crippen LogP contribution in [0.15, 0.2) is 42.5 Å². The smallest absolute Gasteiger partial charge is 0.245 e. The van der Waals surface area contributed by atoms with Gasteiger partial charge in [0.25, 0.3) is 0 Å². The van der Waals surface area contributed by atoms with Crippen LogP contribution in [0.25, 0.3) is 0 Å². The molecule has 9 heteroatoms. The van der Waals surface area contributed by atoms with E-state index in [1.54, 1.807) is 0 Å². The summed E-state index contributed by atoms with van der Waals surface area (Å²) >= 11 is 0. The highest BCUT2D eigenvalue weighted by atomic mass is 32.2. The van der Waals surface area contributed by atoms with Crippen LogP contribution in [0.2, 0.25) is 0 Å². The number of ketones is 1. The topological polar surface area (TPSA) is 83.6 Å². The highest BCUT2D eigenvalue weighted by Gasteiger charge is 2.22. The van der Waals surface area contributed by atoms with Gasteiger partial charge in [0.15, 0.2) is 5.78 Å². The quantitative estimate of drug-likeness (QED) is 0.779. The van der Waals surface area contributed by atoms with Crippen molar-refractivity contribution in [3.63, 3.8) is 0 Å². The second kappa shape index (κ2) is 7.61. The molecule has 138 valence electrons. The molecule has 0 heterocycles. The summed E-state index contributed by atoms with van der Waals surface area (Å²) < 4.78 is 52.0. The van der Waals surface area contributed by atoms with Crippen molar-refractivity contribution in [1.29, 1.82) is 0 Å². The molecule has 0 aliphatic heterocycles. The van der Waals surface area contributed by atoms with Gasteiger partial charge in [-0.1, -0.05) is 6.07 Å². The van der Waals surface area contributed by atoms with Gasteiger partial charge in [0.1, 0.15) is 23.9 Å². The molecule has 2 aromatic carbocycles. The van der Waals surface area contributed by atoms with Crippen molar-refractivity contribution in [2.24, 2.45) is 0 Å². The number of halogens is 2. The molecule has 0 aliphatic rings. The maximum Gasteiger partial charge on any atom is 0.245 e. The van der Waals surface area contributed by atoms with E-state index in [2.05, 4.69) is 0 Å². The van der Waals surface area contributed by atoms with Gasteiger partial charge in [0.2, 0.25) is 15.9 Å². The van der Waals surface area contributed by atoms with Crippen molar-refractivity contribution in [2.75, 3.05) is 22.4 Å². The van der Waals surface area contributed by atoms with Crippen molar-refractivity contribution in [2.45, 2.75) is 6.92 Å². The van der Waals surface area contributed by atoms with E-state index in [4.69, 9.17) is 0 Å². The van der Waals surface area contributed by atoms with Gasteiger partial charge in [-0.25, -0.2) is 17.2 Å². The number of hydrogen-bond donors (Lipinski definition) is 1. The molecular formula is C17H16F2N2O4S. The van der Waals surface area contributed by atoms with E-state index in [-0.39, 0.29) is 11.5 Å². The molecule has 2 aromatic rings. The molecular weight excluding hydrogens is 366 g/mol. The molecule has 0 fully saturated rings. The zero-order valence-electron chi connectivity index (χ0n) is 14.0. The molecule has 0 aromatic heterocycles. The fraction of sp³-hybridized carbons (Fsp3) is 0.176. The van der Waals surface area contributed by atoms with Crippen molar-refractivity contribution in [3.8, 4) is 0 Å². The Kier molecular flexibility index (Phi) is 5.71. The van der Waals surface area contributed by atoms with Gasteiger partial charge < -0.3 is 5.32 Å². The average molecular weight is 382 g/mol. The molecule has 0 bridgehead atoms. The minimum Gasteiger partial charge on any atom is -0.320 e. The summed E-state index contributed by atoms with van der Waals surface area (Å²) in [4.78, 5) is 23.4. The Labute approximate surface area is 149 Å². The number of anilines is 2. The van der Waals surface area contributed by atoms with E-state index in [1.165, 1.54) is 31.2 Å². The standard InChI is InChI=1S/C17H16F2N2O4S/c1-11(22)12-6-8-13(9-7-12)21(26(2,24)25)10-16(23)20-17-14(18)4-3-5-15(17)19/h3-9H,10H2,1-2H3,(H,20,23). The van der Waals surface area contributed by atoms with E-state index in [0.29, 0.717) is 5.56 Å². The number of carbonyl (C=O) groups is 2. The maximum absolute atomic E-state index is 13.6. The second-order valence-electron chi connectivity index (χ2n) is 5.52. The monoisotopic (exact) mass is 382 g/mol. The zero-order chi connectivity index (χ0) is 19.5. The molecule has 1 N–H and O–H groups in total. The first-order valence-electron chi connectivity index (χ1n) is 7.42. The molecule has 0 atom stereocenters. The fourth-order valence-electron chi connectivity index (χ4n) is 2.19. The SMILES string of the molecule is CC(=O)c1ccc(N(CC(=O)Nc2c(F)cccc2F)S(C)(=O)=O)cc1. The van der Waals surface area contributed by atoms with Gasteiger partial charge in [-0.15, -0.1) is 0 Å². The van der Waals surface area contributed by atoms with Crippen LogP contribution in [-0.4, -0.2) is 32.9 Å². The predicted molar refractivity (Wildman–Crippen MR) is 93.6 cm³/mol. The van der Waals surface area contributed by atoms with Gasteiger partial charge >= 0.3 is 0 Å². The van der Waals surface area contributed by atoms with Crippen molar-refractivity contribution < 1.29 is 26.8 Å². The lowest BCUT2D eigenvalue weighted by molar-refractivity contribution is -0.114. The largest absolute Gasteiger partial charge is 0.320 e. The molecule has 0 unspecified atom stereocenters. The third kappa shape index (κ3) is 4.63. The summed E-state index contributed by atoms with van der Waals surface area (Å²) in [5.74, 6) is -3.07. The summed E-state index contributed by atoms with van der Waals surface area (Å²) in [7, 11) is -3.86. The lowest BCUT2D eigenvalue weighted by Gasteiger charge is -2.22. The number of para-hydroxylation sites is 1. The first-order chi connectivity index (χ1) is 12.1. The number of hydrogen-bond acceptors (Lipinski definition) is 4. The third-order valence-corrected chi connectivity index (χ3v) is 4.62. The fourth-order valence-corrected chi connectivity index (χ4v) is 3.05. The van der Waals surface area contributed by atoms with Crippen LogP contribution in [-0.2, 0) is 14.8 Å². The minimum atomic E-state index is -3.86. The van der Waals surface area contributed by atoms with Gasteiger partial charge in [-0.3, -0.25) is 13.9 Å². The number of nitrogens with one attached hydrogen (secondary N) is 1. The van der Waals surface area contributed by atoms with E-state index in [9.17, 15) is 26.8 Å². The highest BCUT2D eigenvalue weighted by Crippen LogP contribution is 2.21. The van der Waals surface area contributed by atoms with Crippen molar-refractivity contribution in [1.82, 2.24) is 0 Å². The van der Waals surface area contributed by atoms with Crippen LogP contribution in [0, 0.1) is 11.6 Å². The number of Topliss-reactive ketones (excluding diaryl/α,β-unsaturated/α-hetero) is 1. The van der Waals surface area contributed by atoms with Crippen LogP contribution >= 0.6 is 0 Å². The number of rotatable bonds is 6. The van der Waals surface area contributed by atoms with Crippen LogP contribution in [0.3, 0.4) is 0 Å². The molecule has 0 spiro atoms. The van der Waals surface area contributed by atoms with Crippen LogP contribution in [0.5, 0.6) is 0 Å². The van der Waals surface area contributed by atoms with Crippen LogP contribution in [0.4, 0.5) is 20.2 Å². The van der Waals surface area contributed by atoms with E-state index in [1.807, 2.05) is 5.32 Å². The van der Waals surface area contributed by atoms with E-state index in [0.717, 1.165) is 28.8 Å². The summed E-state index contributed by atoms with van der Waals surface area (Å²) in [6.07, 6.45) is 0.892. The zero-order valence-corrected chi connectivity index (χ0v) is 14.8. The molecule has 2 rings (SSSR count). The Hall–Kier alpha value is -2.81. The summed E-state index contributed by atoms with van der Waals surface area (Å²) in [5, 5.41) is 2.03. The second-order valence-corrected chi connectivity index (χ2v) is 7.42. The summed E-state index contributed by atoms with van der Waals surface area (Å²) in [5.41, 5.74) is -0.139. The lowest BCUT2D eigenvalue weighted by Crippen LogP contribution is -2.37. The Morgan fingerprint density at radius 2 is 1.58 bits per heavy atom. The van der Waals surface area contributed by atoms with Crippen molar-refractivity contribution in [3.05, 3.63) is 59.7 Å². The molecule has 0 saturated heterocycles. The Morgan fingerprint density at radius 3 is 2.04 bits per heavy atom. The molecule has 6 nitrogen and oxygen atoms in total. The van der Waals surface area contributed by atoms with E-state index >= 15 is 0 Å². The van der Waals surface area contributed by atoms with Gasteiger partial charge in [0, 0.05) is 5.56 Å². The Morgan fingerprint density at radius 1 is 1.04 bits per heavy atom. The number of carbonyl (C=O) groups excluding carboxylic acids is 2. The Bertz CT molecular complexity index is 923. The van der Waals surface area contributed by atoms with Crippen LogP contribution in [0.1, 0.15) is 17.3 Å². The highest BCUT2D eigenvalue weighted by molar-refractivity contribution is 7.92. The normalized spacial score (nSPS) is 11.1. The molecule has 0 radical (unpaired) electrons. The van der Waals surface area contributed by atoms with Crippen LogP contribution < -0.4 is 9.62 Å². The first-order valence-corrected chi connectivity index (χ1v) is 9.27. The third-order valence-electron chi connectivity index (χ3n) is 3.48. The molecule has 0 saturated carbocycles. The van der Waals surface area contributed by atoms with Gasteiger partial charge in [-0.2, -0.15) is 0 Å². The van der Waals surface area contributed by atoms with Crippen molar-refractivity contribution >= 4 is 33.1 Å². The average Bonchev–Trinajstić information content (AvgIpc) is 2.55. The summed E-state index contributed by atoms with van der Waals surface area (Å²) in [6.45, 7) is 0.672. The molecule has 1 amide bonds. The predicted octanol–water partition coefficient (Wildman–Crippen LogP) is 2.57. The Balaban J connectivity index is 2.26. The van der Waals surface area contributed by atoms with E-state index < -0.39 is 39.8 Å². The minimum absolute atomic E-state index is 0.140. The first kappa shape index (κ1) is 19.5. The van der Waals surface area contributed by atoms with Gasteiger partial charge in [-0.05, 0) is 43.3 Å². The number of sulfonamides is 1. The molecule has 0 aliphatic carbocycles. The van der Waals surface area contributed by atoms with Gasteiger partial charge in [0.05, 0.1) is 11.9 Å². The number of amides is 1.